The fourth-order valence-electron chi connectivity index (χ4n) is 1.56. The molecule has 96 valence electrons. The highest BCUT2D eigenvalue weighted by Gasteiger charge is 2.03. The molecule has 0 atom stereocenters. The lowest BCUT2D eigenvalue weighted by atomic mass is 10.3. The summed E-state index contributed by atoms with van der Waals surface area (Å²) in [6, 6.07) is 1.89. The molecule has 0 aliphatic rings. The van der Waals surface area contributed by atoms with Gasteiger partial charge in [0, 0.05) is 17.9 Å². The number of anilines is 1. The van der Waals surface area contributed by atoms with Crippen LogP contribution in [0.5, 0.6) is 0 Å². The maximum absolute atomic E-state index is 4.47. The predicted molar refractivity (Wildman–Crippen MR) is 77.9 cm³/mol. The molecule has 2 aromatic rings. The zero-order chi connectivity index (χ0) is 13.0. The van der Waals surface area contributed by atoms with Gasteiger partial charge in [-0.15, -0.1) is 11.3 Å². The number of hydrogen-bond donors (Lipinski definition) is 1. The van der Waals surface area contributed by atoms with E-state index in [2.05, 4.69) is 48.5 Å². The molecule has 2 rings (SSSR count). The zero-order valence-electron chi connectivity index (χ0n) is 10.4. The third-order valence-electron chi connectivity index (χ3n) is 2.33. The number of rotatable bonds is 5. The van der Waals surface area contributed by atoms with E-state index in [1.54, 1.807) is 11.3 Å². The second-order valence-electron chi connectivity index (χ2n) is 3.95. The average molecular weight is 327 g/mol. The first-order valence-corrected chi connectivity index (χ1v) is 7.53. The molecule has 0 spiro atoms. The number of nitrogens with zero attached hydrogens (tertiary/aromatic N) is 3. The molecule has 0 aliphatic heterocycles. The van der Waals surface area contributed by atoms with Crippen LogP contribution in [0.3, 0.4) is 0 Å². The van der Waals surface area contributed by atoms with Gasteiger partial charge in [-0.05, 0) is 29.3 Å². The SMILES string of the molecule is CCCc1nc(Br)cc(NCc2csc(C)n2)n1. The Kier molecular flexibility index (Phi) is 4.66. The van der Waals surface area contributed by atoms with Crippen LogP contribution < -0.4 is 5.32 Å². The molecule has 0 fully saturated rings. The minimum atomic E-state index is 0.694. The van der Waals surface area contributed by atoms with E-state index in [0.717, 1.165) is 39.8 Å². The fourth-order valence-corrected chi connectivity index (χ4v) is 2.60. The first-order valence-electron chi connectivity index (χ1n) is 5.85. The molecule has 0 saturated heterocycles. The number of thiazole rings is 1. The molecule has 6 heteroatoms. The molecule has 0 bridgehead atoms. The summed E-state index contributed by atoms with van der Waals surface area (Å²) in [5.74, 6) is 1.70. The van der Waals surface area contributed by atoms with Gasteiger partial charge < -0.3 is 5.32 Å². The molecule has 1 N–H and O–H groups in total. The summed E-state index contributed by atoms with van der Waals surface area (Å²) in [4.78, 5) is 13.2. The largest absolute Gasteiger partial charge is 0.364 e. The number of hydrogen-bond acceptors (Lipinski definition) is 5. The topological polar surface area (TPSA) is 50.7 Å². The number of aryl methyl sites for hydroxylation is 2. The van der Waals surface area contributed by atoms with E-state index in [9.17, 15) is 0 Å². The Balaban J connectivity index is 2.04. The van der Waals surface area contributed by atoms with Crippen molar-refractivity contribution in [2.24, 2.45) is 0 Å². The molecular formula is C12H15BrN4S. The summed E-state index contributed by atoms with van der Waals surface area (Å²) in [6.07, 6.45) is 1.94. The van der Waals surface area contributed by atoms with Gasteiger partial charge in [-0.1, -0.05) is 6.92 Å². The molecule has 0 saturated carbocycles. The van der Waals surface area contributed by atoms with Crippen molar-refractivity contribution in [3.8, 4) is 0 Å². The maximum atomic E-state index is 4.47. The van der Waals surface area contributed by atoms with Crippen molar-refractivity contribution in [2.75, 3.05) is 5.32 Å². The summed E-state index contributed by atoms with van der Waals surface area (Å²) < 4.78 is 0.818. The quantitative estimate of drug-likeness (QED) is 0.853. The van der Waals surface area contributed by atoms with Crippen LogP contribution in [0.25, 0.3) is 0 Å². The van der Waals surface area contributed by atoms with Gasteiger partial charge in [-0.3, -0.25) is 0 Å². The van der Waals surface area contributed by atoms with E-state index >= 15 is 0 Å². The Labute approximate surface area is 119 Å². The van der Waals surface area contributed by atoms with Crippen molar-refractivity contribution in [2.45, 2.75) is 33.2 Å². The van der Waals surface area contributed by atoms with E-state index in [1.807, 2.05) is 13.0 Å². The number of halogens is 1. The van der Waals surface area contributed by atoms with Gasteiger partial charge in [0.2, 0.25) is 0 Å². The van der Waals surface area contributed by atoms with Crippen molar-refractivity contribution in [1.82, 2.24) is 15.0 Å². The highest BCUT2D eigenvalue weighted by Crippen LogP contribution is 2.15. The van der Waals surface area contributed by atoms with E-state index in [0.29, 0.717) is 6.54 Å². The van der Waals surface area contributed by atoms with Gasteiger partial charge >= 0.3 is 0 Å². The molecule has 0 aliphatic carbocycles. The van der Waals surface area contributed by atoms with E-state index in [1.165, 1.54) is 0 Å². The van der Waals surface area contributed by atoms with Crippen molar-refractivity contribution in [1.29, 1.82) is 0 Å². The lowest BCUT2D eigenvalue weighted by Gasteiger charge is -2.06. The minimum absolute atomic E-state index is 0.694. The predicted octanol–water partition coefficient (Wildman–Crippen LogP) is 3.57. The van der Waals surface area contributed by atoms with Crippen LogP contribution in [-0.2, 0) is 13.0 Å². The Hall–Kier alpha value is -1.01. The van der Waals surface area contributed by atoms with Gasteiger partial charge in [-0.2, -0.15) is 0 Å². The molecule has 0 aromatic carbocycles. The Bertz CT molecular complexity index is 527. The average Bonchev–Trinajstić information content (AvgIpc) is 2.72. The lowest BCUT2D eigenvalue weighted by molar-refractivity contribution is 0.827. The van der Waals surface area contributed by atoms with Crippen LogP contribution >= 0.6 is 27.3 Å². The highest BCUT2D eigenvalue weighted by atomic mass is 79.9. The highest BCUT2D eigenvalue weighted by molar-refractivity contribution is 9.10. The van der Waals surface area contributed by atoms with Crippen molar-refractivity contribution in [3.63, 3.8) is 0 Å². The summed E-state index contributed by atoms with van der Waals surface area (Å²) in [5.41, 5.74) is 1.05. The van der Waals surface area contributed by atoms with E-state index in [4.69, 9.17) is 0 Å². The molecule has 18 heavy (non-hydrogen) atoms. The van der Waals surface area contributed by atoms with Gasteiger partial charge in [0.25, 0.3) is 0 Å². The van der Waals surface area contributed by atoms with Crippen molar-refractivity contribution >= 4 is 33.1 Å². The standard InChI is InChI=1S/C12H15BrN4S/c1-3-4-11-16-10(13)5-12(17-11)14-6-9-7-18-8(2)15-9/h5,7H,3-4,6H2,1-2H3,(H,14,16,17). The van der Waals surface area contributed by atoms with Gasteiger partial charge in [0.05, 0.1) is 17.2 Å². The second-order valence-corrected chi connectivity index (χ2v) is 5.83. The fraction of sp³-hybridized carbons (Fsp3) is 0.417. The Morgan fingerprint density at radius 2 is 2.17 bits per heavy atom. The normalized spacial score (nSPS) is 10.6. The molecule has 0 radical (unpaired) electrons. The number of aromatic nitrogens is 3. The molecule has 0 unspecified atom stereocenters. The monoisotopic (exact) mass is 326 g/mol. The number of nitrogens with one attached hydrogen (secondary N) is 1. The van der Waals surface area contributed by atoms with E-state index in [-0.39, 0.29) is 0 Å². The maximum Gasteiger partial charge on any atom is 0.132 e. The zero-order valence-corrected chi connectivity index (χ0v) is 12.8. The Morgan fingerprint density at radius 1 is 1.33 bits per heavy atom. The molecular weight excluding hydrogens is 312 g/mol. The minimum Gasteiger partial charge on any atom is -0.364 e. The lowest BCUT2D eigenvalue weighted by Crippen LogP contribution is -2.05. The third kappa shape index (κ3) is 3.74. The molecule has 4 nitrogen and oxygen atoms in total. The van der Waals surface area contributed by atoms with Crippen LogP contribution in [0.1, 0.15) is 29.9 Å². The van der Waals surface area contributed by atoms with Crippen LogP contribution in [0, 0.1) is 6.92 Å². The second kappa shape index (κ2) is 6.24. The first kappa shape index (κ1) is 13.4. The third-order valence-corrected chi connectivity index (χ3v) is 3.56. The summed E-state index contributed by atoms with van der Waals surface area (Å²) in [6.45, 7) is 4.82. The van der Waals surface area contributed by atoms with Crippen molar-refractivity contribution in [3.05, 3.63) is 32.6 Å². The van der Waals surface area contributed by atoms with E-state index < -0.39 is 0 Å². The van der Waals surface area contributed by atoms with Gasteiger partial charge in [-0.25, -0.2) is 15.0 Å². The molecule has 2 aromatic heterocycles. The summed E-state index contributed by atoms with van der Waals surface area (Å²) >= 11 is 5.07. The van der Waals surface area contributed by atoms with Gasteiger partial charge in [0.15, 0.2) is 0 Å². The van der Waals surface area contributed by atoms with Crippen LogP contribution in [0.4, 0.5) is 5.82 Å². The summed E-state index contributed by atoms with van der Waals surface area (Å²) in [7, 11) is 0. The first-order chi connectivity index (χ1) is 8.67. The van der Waals surface area contributed by atoms with Crippen molar-refractivity contribution < 1.29 is 0 Å². The van der Waals surface area contributed by atoms with Crippen LogP contribution in [0.15, 0.2) is 16.0 Å². The smallest absolute Gasteiger partial charge is 0.132 e. The Morgan fingerprint density at radius 3 is 2.83 bits per heavy atom. The van der Waals surface area contributed by atoms with Crippen LogP contribution in [-0.4, -0.2) is 15.0 Å². The molecule has 2 heterocycles. The molecule has 0 amide bonds. The summed E-state index contributed by atoms with van der Waals surface area (Å²) in [5, 5.41) is 6.42. The van der Waals surface area contributed by atoms with Gasteiger partial charge in [0.1, 0.15) is 16.2 Å². The van der Waals surface area contributed by atoms with Crippen LogP contribution in [0.2, 0.25) is 0 Å².